The van der Waals surface area contributed by atoms with Crippen molar-refractivity contribution in [3.63, 3.8) is 0 Å². The van der Waals surface area contributed by atoms with Crippen LogP contribution in [-0.2, 0) is 6.42 Å². The van der Waals surface area contributed by atoms with Gasteiger partial charge >= 0.3 is 11.6 Å². The van der Waals surface area contributed by atoms with Gasteiger partial charge in [0.2, 0.25) is 0 Å². The highest BCUT2D eigenvalue weighted by molar-refractivity contribution is 5.82. The van der Waals surface area contributed by atoms with Crippen molar-refractivity contribution < 1.29 is 9.15 Å². The molecule has 4 rings (SSSR count). The molecule has 2 heterocycles. The Morgan fingerprint density at radius 3 is 2.67 bits per heavy atom. The number of nitrogens with two attached hydrogens (primary N) is 1. The lowest BCUT2D eigenvalue weighted by atomic mass is 9.99. The minimum absolute atomic E-state index is 0.231. The van der Waals surface area contributed by atoms with Crippen LogP contribution in [0.3, 0.4) is 0 Å². The molecule has 27 heavy (non-hydrogen) atoms. The van der Waals surface area contributed by atoms with Gasteiger partial charge in [0.1, 0.15) is 11.3 Å². The highest BCUT2D eigenvalue weighted by atomic mass is 16.5. The van der Waals surface area contributed by atoms with E-state index in [1.54, 1.807) is 30.6 Å². The summed E-state index contributed by atoms with van der Waals surface area (Å²) in [6, 6.07) is 14.8. The molecule has 0 spiro atoms. The Bertz CT molecular complexity index is 1170. The van der Waals surface area contributed by atoms with E-state index in [4.69, 9.17) is 14.9 Å². The van der Waals surface area contributed by atoms with Crippen molar-refractivity contribution in [3.8, 4) is 11.8 Å². The summed E-state index contributed by atoms with van der Waals surface area (Å²) in [4.78, 5) is 20.6. The van der Waals surface area contributed by atoms with Gasteiger partial charge in [0.25, 0.3) is 0 Å². The first-order valence-electron chi connectivity index (χ1n) is 8.46. The van der Waals surface area contributed by atoms with Crippen molar-refractivity contribution >= 4 is 16.7 Å². The van der Waals surface area contributed by atoms with E-state index in [1.807, 2.05) is 37.3 Å². The molecule has 0 aliphatic heterocycles. The number of aryl methyl sites for hydroxylation is 1. The zero-order chi connectivity index (χ0) is 18.8. The topological polar surface area (TPSA) is 91.2 Å². The van der Waals surface area contributed by atoms with Crippen molar-refractivity contribution in [2.24, 2.45) is 0 Å². The maximum Gasteiger partial charge on any atom is 0.340 e. The number of anilines is 1. The number of hydrogen-bond donors (Lipinski definition) is 1. The zero-order valence-electron chi connectivity index (χ0n) is 14.7. The van der Waals surface area contributed by atoms with Crippen molar-refractivity contribution in [3.05, 3.63) is 88.0 Å². The van der Waals surface area contributed by atoms with Crippen LogP contribution in [-0.4, -0.2) is 9.97 Å². The van der Waals surface area contributed by atoms with E-state index in [1.165, 1.54) is 0 Å². The molecule has 6 nitrogen and oxygen atoms in total. The minimum atomic E-state index is -0.365. The molecular weight excluding hydrogens is 342 g/mol. The number of nitrogen functional groups attached to an aromatic ring is 1. The van der Waals surface area contributed by atoms with Crippen LogP contribution in [0.25, 0.3) is 11.0 Å². The fourth-order valence-electron chi connectivity index (χ4n) is 2.99. The van der Waals surface area contributed by atoms with Gasteiger partial charge in [0.15, 0.2) is 0 Å². The Labute approximate surface area is 155 Å². The smallest absolute Gasteiger partial charge is 0.340 e. The molecule has 2 aromatic heterocycles. The van der Waals surface area contributed by atoms with Gasteiger partial charge in [0, 0.05) is 41.5 Å². The SMILES string of the molecule is Cc1c(Cc2cccc(N)c2)c(=O)oc2cc(Oc3ncccn3)ccc12. The fourth-order valence-corrected chi connectivity index (χ4v) is 2.99. The highest BCUT2D eigenvalue weighted by Gasteiger charge is 2.13. The van der Waals surface area contributed by atoms with Crippen LogP contribution in [0.2, 0.25) is 0 Å². The largest absolute Gasteiger partial charge is 0.424 e. The molecule has 0 unspecified atom stereocenters. The lowest BCUT2D eigenvalue weighted by Crippen LogP contribution is -2.11. The van der Waals surface area contributed by atoms with Gasteiger partial charge in [-0.1, -0.05) is 12.1 Å². The molecular formula is C21H17N3O3. The number of benzene rings is 2. The molecule has 0 saturated heterocycles. The molecule has 134 valence electrons. The molecule has 2 aromatic carbocycles. The molecule has 6 heteroatoms. The van der Waals surface area contributed by atoms with Gasteiger partial charge in [0.05, 0.1) is 0 Å². The van der Waals surface area contributed by atoms with E-state index in [0.717, 1.165) is 16.5 Å². The summed E-state index contributed by atoms with van der Waals surface area (Å²) in [5.74, 6) is 0.500. The zero-order valence-corrected chi connectivity index (χ0v) is 14.7. The van der Waals surface area contributed by atoms with E-state index in [-0.39, 0.29) is 11.6 Å². The third kappa shape index (κ3) is 3.50. The molecule has 0 aliphatic carbocycles. The van der Waals surface area contributed by atoms with Crippen LogP contribution in [0, 0.1) is 6.92 Å². The van der Waals surface area contributed by atoms with Crippen molar-refractivity contribution in [1.29, 1.82) is 0 Å². The van der Waals surface area contributed by atoms with Gasteiger partial charge in [-0.05, 0) is 48.4 Å². The summed E-state index contributed by atoms with van der Waals surface area (Å²) in [5, 5.41) is 0.856. The van der Waals surface area contributed by atoms with Gasteiger partial charge in [-0.15, -0.1) is 0 Å². The Balaban J connectivity index is 1.71. The Morgan fingerprint density at radius 1 is 1.07 bits per heavy atom. The van der Waals surface area contributed by atoms with Crippen molar-refractivity contribution in [2.45, 2.75) is 13.3 Å². The molecule has 0 fully saturated rings. The van der Waals surface area contributed by atoms with E-state index >= 15 is 0 Å². The standard InChI is InChI=1S/C21H17N3O3/c1-13-17-7-6-16(26-21-23-8-3-9-24-21)12-19(17)27-20(25)18(13)11-14-4-2-5-15(22)10-14/h2-10,12H,11,22H2,1H3. The van der Waals surface area contributed by atoms with Crippen LogP contribution in [0.1, 0.15) is 16.7 Å². The molecule has 0 aliphatic rings. The fraction of sp³-hybridized carbons (Fsp3) is 0.0952. The van der Waals surface area contributed by atoms with Gasteiger partial charge in [-0.25, -0.2) is 14.8 Å². The number of nitrogens with zero attached hydrogens (tertiary/aromatic N) is 2. The van der Waals surface area contributed by atoms with E-state index in [2.05, 4.69) is 9.97 Å². The molecule has 0 atom stereocenters. The summed E-state index contributed by atoms with van der Waals surface area (Å²) in [7, 11) is 0. The molecule has 0 saturated carbocycles. The number of hydrogen-bond acceptors (Lipinski definition) is 6. The van der Waals surface area contributed by atoms with Crippen molar-refractivity contribution in [2.75, 3.05) is 5.73 Å². The Kier molecular flexibility index (Phi) is 4.30. The number of fused-ring (bicyclic) bond motifs is 1. The summed E-state index contributed by atoms with van der Waals surface area (Å²) in [5.41, 5.74) is 9.06. The molecule has 2 N–H and O–H groups in total. The summed E-state index contributed by atoms with van der Waals surface area (Å²) < 4.78 is 11.2. The molecule has 0 radical (unpaired) electrons. The van der Waals surface area contributed by atoms with Crippen molar-refractivity contribution in [1.82, 2.24) is 9.97 Å². The van der Waals surface area contributed by atoms with E-state index in [0.29, 0.717) is 29.0 Å². The lowest BCUT2D eigenvalue weighted by molar-refractivity contribution is 0.440. The predicted molar refractivity (Wildman–Crippen MR) is 103 cm³/mol. The summed E-state index contributed by atoms with van der Waals surface area (Å²) in [6.45, 7) is 1.92. The van der Waals surface area contributed by atoms with Gasteiger partial charge < -0.3 is 14.9 Å². The third-order valence-corrected chi connectivity index (χ3v) is 4.34. The maximum atomic E-state index is 12.5. The summed E-state index contributed by atoms with van der Waals surface area (Å²) in [6.07, 6.45) is 3.65. The predicted octanol–water partition coefficient (Wildman–Crippen LogP) is 3.86. The third-order valence-electron chi connectivity index (χ3n) is 4.34. The first kappa shape index (κ1) is 16.8. The minimum Gasteiger partial charge on any atom is -0.424 e. The first-order chi connectivity index (χ1) is 13.1. The maximum absolute atomic E-state index is 12.5. The quantitative estimate of drug-likeness (QED) is 0.439. The number of aromatic nitrogens is 2. The normalized spacial score (nSPS) is 10.9. The number of ether oxygens (including phenoxy) is 1. The summed E-state index contributed by atoms with van der Waals surface area (Å²) >= 11 is 0. The monoisotopic (exact) mass is 359 g/mol. The van der Waals surface area contributed by atoms with Gasteiger partial charge in [-0.3, -0.25) is 0 Å². The second-order valence-electron chi connectivity index (χ2n) is 6.21. The molecule has 0 amide bonds. The van der Waals surface area contributed by atoms with Crippen LogP contribution in [0.5, 0.6) is 11.8 Å². The van der Waals surface area contributed by atoms with Crippen LogP contribution < -0.4 is 16.1 Å². The van der Waals surface area contributed by atoms with Crippen LogP contribution in [0.15, 0.2) is 70.1 Å². The second-order valence-corrected chi connectivity index (χ2v) is 6.21. The lowest BCUT2D eigenvalue weighted by Gasteiger charge is -2.10. The molecule has 4 aromatic rings. The van der Waals surface area contributed by atoms with Crippen LogP contribution in [0.4, 0.5) is 5.69 Å². The molecule has 0 bridgehead atoms. The Hall–Kier alpha value is -3.67. The van der Waals surface area contributed by atoms with E-state index in [9.17, 15) is 4.79 Å². The van der Waals surface area contributed by atoms with E-state index < -0.39 is 0 Å². The van der Waals surface area contributed by atoms with Crippen LogP contribution >= 0.6 is 0 Å². The second kappa shape index (κ2) is 6.92. The Morgan fingerprint density at radius 2 is 1.89 bits per heavy atom. The van der Waals surface area contributed by atoms with Gasteiger partial charge in [-0.2, -0.15) is 0 Å². The first-order valence-corrected chi connectivity index (χ1v) is 8.46. The average molecular weight is 359 g/mol. The number of rotatable bonds is 4. The highest BCUT2D eigenvalue weighted by Crippen LogP contribution is 2.27. The average Bonchev–Trinajstić information content (AvgIpc) is 2.66.